The van der Waals surface area contributed by atoms with E-state index >= 15 is 0 Å². The number of thioether (sulfide) groups is 1. The highest BCUT2D eigenvalue weighted by atomic mass is 32.2. The Hall–Kier alpha value is 0.240. The van der Waals surface area contributed by atoms with E-state index in [4.69, 9.17) is 17.0 Å². The average Bonchev–Trinajstić information content (AvgIpc) is 2.33. The molecule has 3 heteroatoms. The van der Waals surface area contributed by atoms with Gasteiger partial charge < -0.3 is 4.74 Å². The van der Waals surface area contributed by atoms with Gasteiger partial charge in [-0.2, -0.15) is 0 Å². The maximum absolute atomic E-state index is 5.44. The van der Waals surface area contributed by atoms with Crippen LogP contribution in [0.1, 0.15) is 79.1 Å². The summed E-state index contributed by atoms with van der Waals surface area (Å²) in [6.45, 7) is 9.55. The molecule has 1 atom stereocenters. The van der Waals surface area contributed by atoms with Crippen molar-refractivity contribution in [2.24, 2.45) is 0 Å². The molecular weight excluding hydrogens is 260 g/mol. The normalized spacial score (nSPS) is 14.2. The predicted octanol–water partition coefficient (Wildman–Crippen LogP) is 5.96. The summed E-state index contributed by atoms with van der Waals surface area (Å²) in [5.74, 6) is 0. The molecule has 0 aliphatic rings. The Kier molecular flexibility index (Phi) is 11.2. The van der Waals surface area contributed by atoms with E-state index in [0.717, 1.165) is 4.38 Å². The second kappa shape index (κ2) is 11.1. The fraction of sp³-hybridized carbons (Fsp3) is 0.933. The van der Waals surface area contributed by atoms with E-state index in [9.17, 15) is 0 Å². The van der Waals surface area contributed by atoms with Crippen LogP contribution in [0.3, 0.4) is 0 Å². The third kappa shape index (κ3) is 9.21. The van der Waals surface area contributed by atoms with Gasteiger partial charge in [-0.1, -0.05) is 64.1 Å². The zero-order valence-electron chi connectivity index (χ0n) is 12.6. The molecule has 0 aromatic carbocycles. The van der Waals surface area contributed by atoms with Crippen molar-refractivity contribution < 1.29 is 4.74 Å². The largest absolute Gasteiger partial charge is 0.479 e. The molecule has 0 N–H and O–H groups in total. The molecule has 0 bridgehead atoms. The van der Waals surface area contributed by atoms with Crippen molar-refractivity contribution in [1.29, 1.82) is 0 Å². The lowest BCUT2D eigenvalue weighted by Crippen LogP contribution is -2.22. The fourth-order valence-electron chi connectivity index (χ4n) is 2.05. The first-order chi connectivity index (χ1) is 8.58. The monoisotopic (exact) mass is 290 g/mol. The second-order valence-electron chi connectivity index (χ2n) is 5.15. The lowest BCUT2D eigenvalue weighted by Gasteiger charge is -2.29. The van der Waals surface area contributed by atoms with Gasteiger partial charge in [-0.25, -0.2) is 0 Å². The summed E-state index contributed by atoms with van der Waals surface area (Å²) in [4.78, 5) is 0. The zero-order valence-corrected chi connectivity index (χ0v) is 14.2. The van der Waals surface area contributed by atoms with Gasteiger partial charge in [0.15, 0.2) is 0 Å². The number of unbranched alkanes of at least 4 members (excludes halogenated alkanes) is 4. The van der Waals surface area contributed by atoms with E-state index in [1.165, 1.54) is 51.4 Å². The summed E-state index contributed by atoms with van der Waals surface area (Å²) in [6.07, 6.45) is 10.4. The van der Waals surface area contributed by atoms with Gasteiger partial charge in [0.2, 0.25) is 4.38 Å². The van der Waals surface area contributed by atoms with Crippen LogP contribution in [0.2, 0.25) is 0 Å². The molecule has 0 saturated carbocycles. The Morgan fingerprint density at radius 2 is 1.61 bits per heavy atom. The summed E-state index contributed by atoms with van der Waals surface area (Å²) < 4.78 is 6.44. The van der Waals surface area contributed by atoms with E-state index in [1.54, 1.807) is 11.8 Å². The lowest BCUT2D eigenvalue weighted by molar-refractivity contribution is 0.345. The van der Waals surface area contributed by atoms with Crippen molar-refractivity contribution in [3.05, 3.63) is 0 Å². The Labute approximate surface area is 123 Å². The van der Waals surface area contributed by atoms with Crippen LogP contribution in [0.25, 0.3) is 0 Å². The molecule has 0 aromatic heterocycles. The molecule has 0 aromatic rings. The second-order valence-corrected chi connectivity index (χ2v) is 7.34. The van der Waals surface area contributed by atoms with Crippen LogP contribution in [-0.2, 0) is 4.74 Å². The van der Waals surface area contributed by atoms with Crippen LogP contribution in [0.5, 0.6) is 0 Å². The van der Waals surface area contributed by atoms with Crippen LogP contribution in [0.4, 0.5) is 0 Å². The van der Waals surface area contributed by atoms with Gasteiger partial charge in [0.1, 0.15) is 0 Å². The molecule has 0 aliphatic heterocycles. The third-order valence-corrected chi connectivity index (χ3v) is 4.76. The summed E-state index contributed by atoms with van der Waals surface area (Å²) in [6, 6.07) is 0. The van der Waals surface area contributed by atoms with Crippen molar-refractivity contribution in [2.75, 3.05) is 6.61 Å². The average molecular weight is 291 g/mol. The molecule has 0 fully saturated rings. The Morgan fingerprint density at radius 1 is 1.00 bits per heavy atom. The van der Waals surface area contributed by atoms with E-state index in [1.807, 2.05) is 6.92 Å². The third-order valence-electron chi connectivity index (χ3n) is 3.21. The number of hydrogen-bond acceptors (Lipinski definition) is 3. The molecule has 1 nitrogen and oxygen atoms in total. The molecule has 18 heavy (non-hydrogen) atoms. The molecule has 0 aliphatic carbocycles. The number of thiocarbonyl (C=S) groups is 1. The topological polar surface area (TPSA) is 9.23 Å². The first-order valence-corrected chi connectivity index (χ1v) is 8.66. The first kappa shape index (κ1) is 18.2. The van der Waals surface area contributed by atoms with Crippen molar-refractivity contribution >= 4 is 28.4 Å². The maximum atomic E-state index is 5.44. The van der Waals surface area contributed by atoms with Gasteiger partial charge in [-0.15, -0.1) is 0 Å². The Balaban J connectivity index is 4.18. The minimum Gasteiger partial charge on any atom is -0.479 e. The molecule has 0 spiro atoms. The molecule has 108 valence electrons. The smallest absolute Gasteiger partial charge is 0.220 e. The van der Waals surface area contributed by atoms with Crippen molar-refractivity contribution in [1.82, 2.24) is 0 Å². The highest BCUT2D eigenvalue weighted by molar-refractivity contribution is 8.23. The molecule has 1 unspecified atom stereocenters. The summed E-state index contributed by atoms with van der Waals surface area (Å²) in [5.41, 5.74) is 0. The molecule has 0 rings (SSSR count). The van der Waals surface area contributed by atoms with Crippen LogP contribution < -0.4 is 0 Å². The highest BCUT2D eigenvalue weighted by Gasteiger charge is 2.26. The minimum atomic E-state index is 0.274. The molecule has 0 saturated heterocycles. The quantitative estimate of drug-likeness (QED) is 0.363. The standard InChI is InChI=1S/C15H30OS2/c1-5-8-10-11-13-15(4,12-9-6-2)18-14(17)16-7-3/h5-13H2,1-4H3. The molecule has 0 heterocycles. The predicted molar refractivity (Wildman–Crippen MR) is 88.5 cm³/mol. The Bertz CT molecular complexity index is 219. The van der Waals surface area contributed by atoms with Crippen LogP contribution in [0.15, 0.2) is 0 Å². The van der Waals surface area contributed by atoms with E-state index in [-0.39, 0.29) is 4.75 Å². The van der Waals surface area contributed by atoms with E-state index in [2.05, 4.69) is 20.8 Å². The van der Waals surface area contributed by atoms with Gasteiger partial charge in [0.05, 0.1) is 6.61 Å². The maximum Gasteiger partial charge on any atom is 0.220 e. The van der Waals surface area contributed by atoms with Crippen LogP contribution in [0, 0.1) is 0 Å². The van der Waals surface area contributed by atoms with Gasteiger partial charge in [0, 0.05) is 4.75 Å². The van der Waals surface area contributed by atoms with Crippen LogP contribution >= 0.6 is 24.0 Å². The minimum absolute atomic E-state index is 0.274. The summed E-state index contributed by atoms with van der Waals surface area (Å²) in [5, 5.41) is 0. The van der Waals surface area contributed by atoms with Gasteiger partial charge in [-0.05, 0) is 38.9 Å². The lowest BCUT2D eigenvalue weighted by atomic mass is 9.96. The highest BCUT2D eigenvalue weighted by Crippen LogP contribution is 2.37. The summed E-state index contributed by atoms with van der Waals surface area (Å²) >= 11 is 7.07. The Morgan fingerprint density at radius 3 is 2.17 bits per heavy atom. The zero-order chi connectivity index (χ0) is 13.9. The SMILES string of the molecule is CCCCCCC(C)(CCCC)SC(=S)OCC. The van der Waals surface area contributed by atoms with Crippen molar-refractivity contribution in [2.45, 2.75) is 83.8 Å². The fourth-order valence-corrected chi connectivity index (χ4v) is 3.85. The van der Waals surface area contributed by atoms with Crippen molar-refractivity contribution in [3.63, 3.8) is 0 Å². The first-order valence-electron chi connectivity index (χ1n) is 7.43. The van der Waals surface area contributed by atoms with Gasteiger partial charge in [-0.3, -0.25) is 0 Å². The number of hydrogen-bond donors (Lipinski definition) is 0. The number of rotatable bonds is 10. The molecule has 0 amide bonds. The van der Waals surface area contributed by atoms with E-state index < -0.39 is 0 Å². The van der Waals surface area contributed by atoms with Gasteiger partial charge in [0.25, 0.3) is 0 Å². The van der Waals surface area contributed by atoms with Crippen LogP contribution in [-0.4, -0.2) is 15.7 Å². The van der Waals surface area contributed by atoms with E-state index in [0.29, 0.717) is 6.61 Å². The summed E-state index contributed by atoms with van der Waals surface area (Å²) in [7, 11) is 0. The van der Waals surface area contributed by atoms with Gasteiger partial charge >= 0.3 is 0 Å². The molecule has 0 radical (unpaired) electrons. The molecular formula is C15H30OS2. The van der Waals surface area contributed by atoms with Crippen molar-refractivity contribution in [3.8, 4) is 0 Å². The number of ether oxygens (including phenoxy) is 1.